The molecule has 0 spiro atoms. The number of carboxylic acid groups (broad SMARTS) is 1. The fourth-order valence-corrected chi connectivity index (χ4v) is 2.26. The van der Waals surface area contributed by atoms with Gasteiger partial charge in [0.1, 0.15) is 5.60 Å². The Morgan fingerprint density at radius 2 is 2.00 bits per heavy atom. The lowest BCUT2D eigenvalue weighted by Gasteiger charge is -2.37. The Labute approximate surface area is 108 Å². The highest BCUT2D eigenvalue weighted by molar-refractivity contribution is 5.72. The van der Waals surface area contributed by atoms with Gasteiger partial charge >= 0.3 is 12.1 Å². The molecule has 1 heterocycles. The molecule has 2 unspecified atom stereocenters. The van der Waals surface area contributed by atoms with Gasteiger partial charge in [-0.25, -0.2) is 4.79 Å². The Morgan fingerprint density at radius 3 is 2.44 bits per heavy atom. The number of carboxylic acids is 1. The largest absolute Gasteiger partial charge is 0.481 e. The molecule has 0 aromatic heterocycles. The van der Waals surface area contributed by atoms with Crippen molar-refractivity contribution in [3.63, 3.8) is 0 Å². The molecule has 0 aromatic carbocycles. The summed E-state index contributed by atoms with van der Waals surface area (Å²) in [4.78, 5) is 24.6. The Bertz CT molecular complexity index is 321. The molecule has 2 atom stereocenters. The van der Waals surface area contributed by atoms with Crippen molar-refractivity contribution in [3.8, 4) is 0 Å². The summed E-state index contributed by atoms with van der Waals surface area (Å²) in [5.74, 6) is -1.08. The Hall–Kier alpha value is -1.26. The molecular formula is C13H23NO4. The minimum Gasteiger partial charge on any atom is -0.481 e. The van der Waals surface area contributed by atoms with Crippen LogP contribution >= 0.6 is 0 Å². The van der Waals surface area contributed by atoms with Crippen molar-refractivity contribution in [1.82, 2.24) is 4.90 Å². The number of carbonyl (C=O) groups excluding carboxylic acids is 1. The van der Waals surface area contributed by atoms with Crippen LogP contribution in [0.5, 0.6) is 0 Å². The number of ether oxygens (including phenoxy) is 1. The molecule has 1 rings (SSSR count). The molecule has 18 heavy (non-hydrogen) atoms. The van der Waals surface area contributed by atoms with Crippen LogP contribution in [0.25, 0.3) is 0 Å². The number of rotatable bonds is 2. The van der Waals surface area contributed by atoms with Crippen LogP contribution in [0.3, 0.4) is 0 Å². The Balaban J connectivity index is 2.62. The van der Waals surface area contributed by atoms with Crippen LogP contribution in [0, 0.1) is 11.8 Å². The normalized spacial score (nSPS) is 24.8. The molecule has 5 nitrogen and oxygen atoms in total. The maximum atomic E-state index is 11.9. The zero-order valence-corrected chi connectivity index (χ0v) is 11.6. The van der Waals surface area contributed by atoms with Gasteiger partial charge in [0.2, 0.25) is 0 Å². The average Bonchev–Trinajstić information content (AvgIpc) is 2.25. The van der Waals surface area contributed by atoms with E-state index in [1.807, 2.05) is 27.7 Å². The third kappa shape index (κ3) is 3.89. The van der Waals surface area contributed by atoms with Gasteiger partial charge in [0.25, 0.3) is 0 Å². The predicted octanol–water partition coefficient (Wildman–Crippen LogP) is 2.35. The van der Waals surface area contributed by atoms with Crippen LogP contribution in [0.15, 0.2) is 0 Å². The van der Waals surface area contributed by atoms with Crippen LogP contribution in [-0.4, -0.2) is 40.8 Å². The molecule has 0 aliphatic carbocycles. The summed E-state index contributed by atoms with van der Waals surface area (Å²) >= 11 is 0. The van der Waals surface area contributed by atoms with Gasteiger partial charge in [-0.05, 0) is 33.1 Å². The van der Waals surface area contributed by atoms with E-state index in [-0.39, 0.29) is 17.9 Å². The van der Waals surface area contributed by atoms with Crippen LogP contribution in [0.4, 0.5) is 4.79 Å². The van der Waals surface area contributed by atoms with E-state index >= 15 is 0 Å². The van der Waals surface area contributed by atoms with Gasteiger partial charge < -0.3 is 14.7 Å². The van der Waals surface area contributed by atoms with Crippen molar-refractivity contribution in [3.05, 3.63) is 0 Å². The SMILES string of the molecule is CCC1CN(C(=O)OC(C)(C)C)CCC1C(=O)O. The third-order valence-electron chi connectivity index (χ3n) is 3.23. The van der Waals surface area contributed by atoms with Gasteiger partial charge in [-0.1, -0.05) is 13.3 Å². The minimum atomic E-state index is -0.759. The van der Waals surface area contributed by atoms with Crippen LogP contribution in [0.1, 0.15) is 40.5 Å². The lowest BCUT2D eigenvalue weighted by atomic mass is 9.84. The fourth-order valence-electron chi connectivity index (χ4n) is 2.26. The third-order valence-corrected chi connectivity index (χ3v) is 3.23. The number of amides is 1. The highest BCUT2D eigenvalue weighted by atomic mass is 16.6. The van der Waals surface area contributed by atoms with E-state index in [1.165, 1.54) is 0 Å². The number of aliphatic carboxylic acids is 1. The van der Waals surface area contributed by atoms with E-state index in [4.69, 9.17) is 9.84 Å². The van der Waals surface area contributed by atoms with Crippen molar-refractivity contribution in [2.24, 2.45) is 11.8 Å². The zero-order valence-electron chi connectivity index (χ0n) is 11.6. The molecule has 104 valence electrons. The summed E-state index contributed by atoms with van der Waals surface area (Å²) in [6, 6.07) is 0. The minimum absolute atomic E-state index is 0.0174. The first-order chi connectivity index (χ1) is 8.24. The fraction of sp³-hybridized carbons (Fsp3) is 0.846. The number of piperidine rings is 1. The van der Waals surface area contributed by atoms with Crippen molar-refractivity contribution in [2.75, 3.05) is 13.1 Å². The van der Waals surface area contributed by atoms with E-state index in [1.54, 1.807) is 4.90 Å². The maximum absolute atomic E-state index is 11.9. The van der Waals surface area contributed by atoms with Gasteiger partial charge in [-0.2, -0.15) is 0 Å². The van der Waals surface area contributed by atoms with E-state index in [9.17, 15) is 9.59 Å². The van der Waals surface area contributed by atoms with E-state index in [2.05, 4.69) is 0 Å². The van der Waals surface area contributed by atoms with Gasteiger partial charge in [0, 0.05) is 13.1 Å². The van der Waals surface area contributed by atoms with Crippen LogP contribution in [0.2, 0.25) is 0 Å². The van der Waals surface area contributed by atoms with E-state index in [0.29, 0.717) is 19.5 Å². The smallest absolute Gasteiger partial charge is 0.410 e. The molecule has 1 saturated heterocycles. The van der Waals surface area contributed by atoms with Crippen LogP contribution < -0.4 is 0 Å². The summed E-state index contributed by atoms with van der Waals surface area (Å²) in [5, 5.41) is 9.12. The molecule has 5 heteroatoms. The van der Waals surface area contributed by atoms with Crippen molar-refractivity contribution >= 4 is 12.1 Å². The van der Waals surface area contributed by atoms with Crippen molar-refractivity contribution < 1.29 is 19.4 Å². The first-order valence-electron chi connectivity index (χ1n) is 6.45. The highest BCUT2D eigenvalue weighted by Crippen LogP contribution is 2.27. The highest BCUT2D eigenvalue weighted by Gasteiger charge is 2.36. The monoisotopic (exact) mass is 257 g/mol. The molecule has 0 radical (unpaired) electrons. The molecule has 0 saturated carbocycles. The molecule has 1 aliphatic heterocycles. The molecule has 1 fully saturated rings. The standard InChI is InChI=1S/C13H23NO4/c1-5-9-8-14(7-6-10(9)11(15)16)12(17)18-13(2,3)4/h9-10H,5-8H2,1-4H3,(H,15,16). The molecule has 0 aromatic rings. The number of hydrogen-bond donors (Lipinski definition) is 1. The zero-order chi connectivity index (χ0) is 13.9. The number of hydrogen-bond acceptors (Lipinski definition) is 3. The molecule has 1 amide bonds. The topological polar surface area (TPSA) is 66.8 Å². The van der Waals surface area contributed by atoms with Crippen LogP contribution in [-0.2, 0) is 9.53 Å². The van der Waals surface area contributed by atoms with Crippen molar-refractivity contribution in [1.29, 1.82) is 0 Å². The lowest BCUT2D eigenvalue weighted by molar-refractivity contribution is -0.145. The molecule has 1 aliphatic rings. The average molecular weight is 257 g/mol. The second-order valence-corrected chi connectivity index (χ2v) is 5.83. The first kappa shape index (κ1) is 14.8. The number of nitrogens with zero attached hydrogens (tertiary/aromatic N) is 1. The summed E-state index contributed by atoms with van der Waals surface area (Å²) in [6.07, 6.45) is 0.924. The van der Waals surface area contributed by atoms with Gasteiger partial charge in [-0.3, -0.25) is 4.79 Å². The second-order valence-electron chi connectivity index (χ2n) is 5.83. The molecular weight excluding hydrogens is 234 g/mol. The summed E-state index contributed by atoms with van der Waals surface area (Å²) < 4.78 is 5.31. The van der Waals surface area contributed by atoms with Gasteiger partial charge in [0.05, 0.1) is 5.92 Å². The Morgan fingerprint density at radius 1 is 1.39 bits per heavy atom. The first-order valence-corrected chi connectivity index (χ1v) is 6.45. The summed E-state index contributed by atoms with van der Waals surface area (Å²) in [7, 11) is 0. The molecule has 0 bridgehead atoms. The quantitative estimate of drug-likeness (QED) is 0.824. The summed E-state index contributed by atoms with van der Waals surface area (Å²) in [6.45, 7) is 8.37. The van der Waals surface area contributed by atoms with Crippen molar-refractivity contribution in [2.45, 2.75) is 46.1 Å². The lowest BCUT2D eigenvalue weighted by Crippen LogP contribution is -2.47. The van der Waals surface area contributed by atoms with Gasteiger partial charge in [-0.15, -0.1) is 0 Å². The Kier molecular flexibility index (Phi) is 4.59. The van der Waals surface area contributed by atoms with E-state index < -0.39 is 11.6 Å². The predicted molar refractivity (Wildman–Crippen MR) is 67.3 cm³/mol. The second kappa shape index (κ2) is 5.59. The number of carbonyl (C=O) groups is 2. The molecule has 1 N–H and O–H groups in total. The summed E-state index contributed by atoms with van der Waals surface area (Å²) in [5.41, 5.74) is -0.511. The maximum Gasteiger partial charge on any atom is 0.410 e. The number of likely N-dealkylation sites (tertiary alicyclic amines) is 1. The van der Waals surface area contributed by atoms with Gasteiger partial charge in [0.15, 0.2) is 0 Å². The van der Waals surface area contributed by atoms with E-state index in [0.717, 1.165) is 6.42 Å².